The summed E-state index contributed by atoms with van der Waals surface area (Å²) < 4.78 is 5.75. The zero-order chi connectivity index (χ0) is 21.5. The molecule has 0 aliphatic heterocycles. The second-order valence-corrected chi connectivity index (χ2v) is 7.43. The number of amides is 1. The van der Waals surface area contributed by atoms with Crippen molar-refractivity contribution in [3.8, 4) is 16.9 Å². The first-order valence-electron chi connectivity index (χ1n) is 10.2. The van der Waals surface area contributed by atoms with Crippen LogP contribution in [0.1, 0.15) is 16.7 Å². The molecule has 0 bridgehead atoms. The average Bonchev–Trinajstić information content (AvgIpc) is 2.82. The topological polar surface area (TPSA) is 42.4 Å². The lowest BCUT2D eigenvalue weighted by molar-refractivity contribution is 0.160. The predicted octanol–water partition coefficient (Wildman–Crippen LogP) is 5.97. The summed E-state index contributed by atoms with van der Waals surface area (Å²) in [7, 11) is 1.75. The standard InChI is InChI=1S/C27H24N2O2/c1-29(20-22-10-7-12-24(19-22)23-14-16-28-17-15-23)27(30)31-26-13-6-5-11-25(26)18-21-8-3-2-4-9-21/h2-17,19H,18,20H2,1H3. The van der Waals surface area contributed by atoms with Crippen LogP contribution in [0.5, 0.6) is 5.75 Å². The van der Waals surface area contributed by atoms with Gasteiger partial charge in [0.25, 0.3) is 0 Å². The highest BCUT2D eigenvalue weighted by Crippen LogP contribution is 2.23. The highest BCUT2D eigenvalue weighted by atomic mass is 16.6. The van der Waals surface area contributed by atoms with E-state index in [0.717, 1.165) is 22.3 Å². The lowest BCUT2D eigenvalue weighted by atomic mass is 10.0. The fourth-order valence-corrected chi connectivity index (χ4v) is 3.47. The molecule has 0 saturated carbocycles. The average molecular weight is 409 g/mol. The van der Waals surface area contributed by atoms with Crippen LogP contribution >= 0.6 is 0 Å². The zero-order valence-corrected chi connectivity index (χ0v) is 17.4. The molecule has 0 aliphatic rings. The molecule has 0 unspecified atom stereocenters. The molecular weight excluding hydrogens is 384 g/mol. The summed E-state index contributed by atoms with van der Waals surface area (Å²) in [5, 5.41) is 0. The van der Waals surface area contributed by atoms with Crippen LogP contribution in [-0.4, -0.2) is 23.0 Å². The van der Waals surface area contributed by atoms with Gasteiger partial charge >= 0.3 is 6.09 Å². The Hall–Kier alpha value is -3.92. The van der Waals surface area contributed by atoms with Gasteiger partial charge < -0.3 is 9.64 Å². The molecule has 1 heterocycles. The Labute approximate surface area is 182 Å². The van der Waals surface area contributed by atoms with Gasteiger partial charge in [-0.2, -0.15) is 0 Å². The molecular formula is C27H24N2O2. The third-order valence-corrected chi connectivity index (χ3v) is 5.08. The van der Waals surface area contributed by atoms with Crippen LogP contribution in [0.15, 0.2) is 103 Å². The first-order chi connectivity index (χ1) is 15.2. The van der Waals surface area contributed by atoms with Gasteiger partial charge in [-0.3, -0.25) is 4.98 Å². The van der Waals surface area contributed by atoms with Gasteiger partial charge in [0, 0.05) is 32.4 Å². The summed E-state index contributed by atoms with van der Waals surface area (Å²) in [5.41, 5.74) is 5.38. The molecule has 0 saturated heterocycles. The van der Waals surface area contributed by atoms with E-state index in [0.29, 0.717) is 18.7 Å². The van der Waals surface area contributed by atoms with E-state index < -0.39 is 0 Å². The maximum absolute atomic E-state index is 12.8. The van der Waals surface area contributed by atoms with Gasteiger partial charge in [-0.15, -0.1) is 0 Å². The molecule has 4 rings (SSSR count). The molecule has 1 amide bonds. The van der Waals surface area contributed by atoms with Crippen molar-refractivity contribution < 1.29 is 9.53 Å². The van der Waals surface area contributed by atoms with Gasteiger partial charge in [0.2, 0.25) is 0 Å². The van der Waals surface area contributed by atoms with Gasteiger partial charge in [0.15, 0.2) is 0 Å². The molecule has 4 heteroatoms. The van der Waals surface area contributed by atoms with E-state index in [4.69, 9.17) is 4.74 Å². The molecule has 1 aromatic heterocycles. The van der Waals surface area contributed by atoms with Crippen molar-refractivity contribution in [1.82, 2.24) is 9.88 Å². The fourth-order valence-electron chi connectivity index (χ4n) is 3.47. The van der Waals surface area contributed by atoms with Crippen molar-refractivity contribution in [2.45, 2.75) is 13.0 Å². The SMILES string of the molecule is CN(Cc1cccc(-c2ccncc2)c1)C(=O)Oc1ccccc1Cc1ccccc1. The molecule has 3 aromatic carbocycles. The van der Waals surface area contributed by atoms with Crippen LogP contribution in [0.25, 0.3) is 11.1 Å². The number of pyridine rings is 1. The number of ether oxygens (including phenoxy) is 1. The van der Waals surface area contributed by atoms with Gasteiger partial charge in [0.05, 0.1) is 0 Å². The second kappa shape index (κ2) is 9.72. The van der Waals surface area contributed by atoms with Gasteiger partial charge in [0.1, 0.15) is 5.75 Å². The summed E-state index contributed by atoms with van der Waals surface area (Å²) in [6.45, 7) is 0.457. The van der Waals surface area contributed by atoms with Crippen LogP contribution < -0.4 is 4.74 Å². The lowest BCUT2D eigenvalue weighted by Gasteiger charge is -2.18. The Morgan fingerprint density at radius 3 is 2.32 bits per heavy atom. The van der Waals surface area contributed by atoms with E-state index in [2.05, 4.69) is 29.2 Å². The lowest BCUT2D eigenvalue weighted by Crippen LogP contribution is -2.29. The van der Waals surface area contributed by atoms with Crippen molar-refractivity contribution in [1.29, 1.82) is 0 Å². The number of benzene rings is 3. The Balaban J connectivity index is 1.44. The molecule has 0 atom stereocenters. The first-order valence-corrected chi connectivity index (χ1v) is 10.2. The third-order valence-electron chi connectivity index (χ3n) is 5.08. The Morgan fingerprint density at radius 2 is 1.52 bits per heavy atom. The normalized spacial score (nSPS) is 10.5. The third kappa shape index (κ3) is 5.37. The van der Waals surface area contributed by atoms with E-state index in [9.17, 15) is 4.79 Å². The van der Waals surface area contributed by atoms with E-state index in [1.165, 1.54) is 5.56 Å². The largest absolute Gasteiger partial charge is 0.415 e. The summed E-state index contributed by atoms with van der Waals surface area (Å²) in [4.78, 5) is 18.4. The minimum absolute atomic E-state index is 0.380. The van der Waals surface area contributed by atoms with Crippen molar-refractivity contribution in [3.63, 3.8) is 0 Å². The minimum Gasteiger partial charge on any atom is -0.410 e. The molecule has 31 heavy (non-hydrogen) atoms. The summed E-state index contributed by atoms with van der Waals surface area (Å²) in [5.74, 6) is 0.591. The minimum atomic E-state index is -0.380. The quantitative estimate of drug-likeness (QED) is 0.395. The number of aromatic nitrogens is 1. The second-order valence-electron chi connectivity index (χ2n) is 7.43. The van der Waals surface area contributed by atoms with E-state index >= 15 is 0 Å². The van der Waals surface area contributed by atoms with Crippen LogP contribution in [0.3, 0.4) is 0 Å². The Bertz CT molecular complexity index is 1140. The predicted molar refractivity (Wildman–Crippen MR) is 123 cm³/mol. The summed E-state index contributed by atoms with van der Waals surface area (Å²) >= 11 is 0. The number of para-hydroxylation sites is 1. The number of carbonyl (C=O) groups is 1. The smallest absolute Gasteiger partial charge is 0.410 e. The molecule has 0 fully saturated rings. The Kier molecular flexibility index (Phi) is 6.38. The van der Waals surface area contributed by atoms with Crippen molar-refractivity contribution in [2.24, 2.45) is 0 Å². The Morgan fingerprint density at radius 1 is 0.806 bits per heavy atom. The zero-order valence-electron chi connectivity index (χ0n) is 17.4. The van der Waals surface area contributed by atoms with Gasteiger partial charge in [-0.1, -0.05) is 66.7 Å². The molecule has 0 aliphatic carbocycles. The molecule has 0 N–H and O–H groups in total. The van der Waals surface area contributed by atoms with Crippen molar-refractivity contribution >= 4 is 6.09 Å². The number of hydrogen-bond acceptors (Lipinski definition) is 3. The number of carbonyl (C=O) groups excluding carboxylic acids is 1. The number of hydrogen-bond donors (Lipinski definition) is 0. The fraction of sp³-hybridized carbons (Fsp3) is 0.111. The maximum Gasteiger partial charge on any atom is 0.415 e. The molecule has 0 spiro atoms. The van der Waals surface area contributed by atoms with E-state index in [1.54, 1.807) is 24.3 Å². The highest BCUT2D eigenvalue weighted by Gasteiger charge is 2.14. The van der Waals surface area contributed by atoms with Crippen LogP contribution in [0, 0.1) is 0 Å². The van der Waals surface area contributed by atoms with Gasteiger partial charge in [-0.05, 0) is 52.1 Å². The van der Waals surface area contributed by atoms with E-state index in [-0.39, 0.29) is 6.09 Å². The highest BCUT2D eigenvalue weighted by molar-refractivity contribution is 5.71. The maximum atomic E-state index is 12.8. The van der Waals surface area contributed by atoms with Crippen LogP contribution in [0.4, 0.5) is 4.79 Å². The van der Waals surface area contributed by atoms with Crippen molar-refractivity contribution in [2.75, 3.05) is 7.05 Å². The first kappa shape index (κ1) is 20.4. The summed E-state index contributed by atoms with van der Waals surface area (Å²) in [6, 6.07) is 29.9. The molecule has 0 radical (unpaired) electrons. The van der Waals surface area contributed by atoms with Crippen LogP contribution in [-0.2, 0) is 13.0 Å². The number of nitrogens with zero attached hydrogens (tertiary/aromatic N) is 2. The van der Waals surface area contributed by atoms with Crippen LogP contribution in [0.2, 0.25) is 0 Å². The summed E-state index contributed by atoms with van der Waals surface area (Å²) in [6.07, 6.45) is 3.88. The molecule has 4 aromatic rings. The van der Waals surface area contributed by atoms with Gasteiger partial charge in [-0.25, -0.2) is 4.79 Å². The molecule has 154 valence electrons. The van der Waals surface area contributed by atoms with Crippen molar-refractivity contribution in [3.05, 3.63) is 120 Å². The van der Waals surface area contributed by atoms with E-state index in [1.807, 2.05) is 66.7 Å². The molecule has 4 nitrogen and oxygen atoms in total. The number of rotatable bonds is 6. The monoisotopic (exact) mass is 408 g/mol.